The summed E-state index contributed by atoms with van der Waals surface area (Å²) in [5.41, 5.74) is 1.52. The van der Waals surface area contributed by atoms with Crippen molar-refractivity contribution in [3.63, 3.8) is 0 Å². The zero-order valence-electron chi connectivity index (χ0n) is 12.5. The summed E-state index contributed by atoms with van der Waals surface area (Å²) in [6.07, 6.45) is 3.24. The fourth-order valence-corrected chi connectivity index (χ4v) is 2.89. The zero-order valence-corrected chi connectivity index (χ0v) is 13.3. The van der Waals surface area contributed by atoms with Gasteiger partial charge in [-0.15, -0.1) is 0 Å². The summed E-state index contributed by atoms with van der Waals surface area (Å²) >= 11 is 6.19. The van der Waals surface area contributed by atoms with Crippen LogP contribution in [0.4, 0.5) is 0 Å². The van der Waals surface area contributed by atoms with Crippen LogP contribution in [0, 0.1) is 5.21 Å². The Morgan fingerprint density at radius 3 is 2.78 bits per heavy atom. The van der Waals surface area contributed by atoms with E-state index >= 15 is 0 Å². The van der Waals surface area contributed by atoms with Crippen LogP contribution in [0.25, 0.3) is 0 Å². The minimum atomic E-state index is -0.0851. The third-order valence-corrected chi connectivity index (χ3v) is 4.25. The molecule has 0 N–H and O–H groups in total. The first-order valence-corrected chi connectivity index (χ1v) is 7.84. The van der Waals surface area contributed by atoms with Crippen molar-refractivity contribution in [1.82, 2.24) is 4.90 Å². The van der Waals surface area contributed by atoms with Gasteiger partial charge in [0.15, 0.2) is 12.4 Å². The van der Waals surface area contributed by atoms with E-state index in [1.165, 1.54) is 24.5 Å². The van der Waals surface area contributed by atoms with Crippen LogP contribution in [-0.4, -0.2) is 36.6 Å². The number of hydrogen-bond acceptors (Lipinski definition) is 3. The molecule has 1 amide bonds. The second kappa shape index (κ2) is 6.98. The fraction of sp³-hybridized carbons (Fsp3) is 0.294. The van der Waals surface area contributed by atoms with E-state index in [4.69, 9.17) is 16.3 Å². The van der Waals surface area contributed by atoms with E-state index in [1.807, 2.05) is 24.3 Å². The van der Waals surface area contributed by atoms with Crippen LogP contribution in [0.2, 0.25) is 5.02 Å². The lowest BCUT2D eigenvalue weighted by molar-refractivity contribution is -0.605. The van der Waals surface area contributed by atoms with Crippen molar-refractivity contribution in [2.45, 2.75) is 12.5 Å². The van der Waals surface area contributed by atoms with Crippen molar-refractivity contribution in [3.05, 3.63) is 70.1 Å². The van der Waals surface area contributed by atoms with Crippen LogP contribution in [0.5, 0.6) is 0 Å². The maximum absolute atomic E-state index is 12.5. The van der Waals surface area contributed by atoms with Crippen LogP contribution in [-0.2, 0) is 11.2 Å². The smallest absolute Gasteiger partial charge is 0.254 e. The predicted molar refractivity (Wildman–Crippen MR) is 86.2 cm³/mol. The molecule has 1 aliphatic heterocycles. The number of benzene rings is 1. The van der Waals surface area contributed by atoms with Gasteiger partial charge in [0, 0.05) is 36.7 Å². The quantitative estimate of drug-likeness (QED) is 0.638. The fourth-order valence-electron chi connectivity index (χ4n) is 2.67. The molecule has 23 heavy (non-hydrogen) atoms. The van der Waals surface area contributed by atoms with Gasteiger partial charge in [0.25, 0.3) is 5.91 Å². The number of morpholine rings is 1. The summed E-state index contributed by atoms with van der Waals surface area (Å²) in [6, 6.07) is 10.7. The SMILES string of the molecule is O=C(c1cc[n+]([O-])cc1)N1CCOC(Cc2ccccc2Cl)C1. The molecule has 120 valence electrons. The van der Waals surface area contributed by atoms with Gasteiger partial charge >= 0.3 is 0 Å². The summed E-state index contributed by atoms with van der Waals surface area (Å²) in [5, 5.41) is 11.8. The van der Waals surface area contributed by atoms with Crippen molar-refractivity contribution >= 4 is 17.5 Å². The monoisotopic (exact) mass is 332 g/mol. The summed E-state index contributed by atoms with van der Waals surface area (Å²) < 4.78 is 6.43. The number of rotatable bonds is 3. The Morgan fingerprint density at radius 1 is 1.30 bits per heavy atom. The first-order valence-electron chi connectivity index (χ1n) is 7.46. The molecule has 1 atom stereocenters. The molecular weight excluding hydrogens is 316 g/mol. The Hall–Kier alpha value is -2.11. The minimum Gasteiger partial charge on any atom is -0.619 e. The number of aromatic nitrogens is 1. The molecular formula is C17H17ClN2O3. The number of carbonyl (C=O) groups excluding carboxylic acids is 1. The number of hydrogen-bond donors (Lipinski definition) is 0. The van der Waals surface area contributed by atoms with Gasteiger partial charge in [0.2, 0.25) is 0 Å². The maximum Gasteiger partial charge on any atom is 0.254 e. The van der Waals surface area contributed by atoms with Crippen LogP contribution in [0.3, 0.4) is 0 Å². The predicted octanol–water partition coefficient (Wildman–Crippen LogP) is 2.06. The molecule has 1 unspecified atom stereocenters. The average Bonchev–Trinajstić information content (AvgIpc) is 2.57. The van der Waals surface area contributed by atoms with E-state index in [1.54, 1.807) is 4.90 Å². The molecule has 2 aromatic rings. The summed E-state index contributed by atoms with van der Waals surface area (Å²) in [5.74, 6) is -0.0851. The Labute approximate surface area is 139 Å². The van der Waals surface area contributed by atoms with Gasteiger partial charge in [0.05, 0.1) is 18.3 Å². The Morgan fingerprint density at radius 2 is 2.04 bits per heavy atom. The van der Waals surface area contributed by atoms with Gasteiger partial charge in [-0.25, -0.2) is 0 Å². The van der Waals surface area contributed by atoms with Crippen molar-refractivity contribution in [1.29, 1.82) is 0 Å². The molecule has 2 heterocycles. The summed E-state index contributed by atoms with van der Waals surface area (Å²) in [4.78, 5) is 14.3. The van der Waals surface area contributed by atoms with E-state index in [0.29, 0.717) is 41.4 Å². The Bertz CT molecular complexity index is 690. The van der Waals surface area contributed by atoms with E-state index in [-0.39, 0.29) is 12.0 Å². The highest BCUT2D eigenvalue weighted by Gasteiger charge is 2.26. The van der Waals surface area contributed by atoms with Gasteiger partial charge in [-0.05, 0) is 11.6 Å². The molecule has 1 saturated heterocycles. The molecule has 1 aromatic carbocycles. The molecule has 1 fully saturated rings. The van der Waals surface area contributed by atoms with E-state index < -0.39 is 0 Å². The van der Waals surface area contributed by atoms with Gasteiger partial charge < -0.3 is 14.8 Å². The number of carbonyl (C=O) groups is 1. The van der Waals surface area contributed by atoms with Crippen LogP contribution in [0.15, 0.2) is 48.8 Å². The average molecular weight is 333 g/mol. The van der Waals surface area contributed by atoms with Gasteiger partial charge in [-0.2, -0.15) is 4.73 Å². The molecule has 5 nitrogen and oxygen atoms in total. The zero-order chi connectivity index (χ0) is 16.2. The third kappa shape index (κ3) is 3.81. The highest BCUT2D eigenvalue weighted by atomic mass is 35.5. The molecule has 1 aromatic heterocycles. The van der Waals surface area contributed by atoms with E-state index in [2.05, 4.69) is 0 Å². The highest BCUT2D eigenvalue weighted by Crippen LogP contribution is 2.20. The standard InChI is InChI=1S/C17H17ClN2O3/c18-16-4-2-1-3-14(16)11-15-12-19(9-10-23-15)17(21)13-5-7-20(22)8-6-13/h1-8,15H,9-12H2. The minimum absolute atomic E-state index is 0.0826. The molecule has 0 bridgehead atoms. The van der Waals surface area contributed by atoms with Crippen molar-refractivity contribution in [2.75, 3.05) is 19.7 Å². The van der Waals surface area contributed by atoms with Crippen molar-refractivity contribution in [3.8, 4) is 0 Å². The molecule has 0 radical (unpaired) electrons. The third-order valence-electron chi connectivity index (χ3n) is 3.88. The lowest BCUT2D eigenvalue weighted by Gasteiger charge is -2.33. The van der Waals surface area contributed by atoms with Crippen LogP contribution >= 0.6 is 11.6 Å². The van der Waals surface area contributed by atoms with Crippen molar-refractivity contribution in [2.24, 2.45) is 0 Å². The van der Waals surface area contributed by atoms with Crippen molar-refractivity contribution < 1.29 is 14.3 Å². The second-order valence-electron chi connectivity index (χ2n) is 5.49. The summed E-state index contributed by atoms with van der Waals surface area (Å²) in [6.45, 7) is 1.55. The largest absolute Gasteiger partial charge is 0.619 e. The first-order chi connectivity index (χ1) is 11.1. The Kier molecular flexibility index (Phi) is 4.79. The molecule has 6 heteroatoms. The molecule has 0 aliphatic carbocycles. The number of nitrogens with zero attached hydrogens (tertiary/aromatic N) is 2. The van der Waals surface area contributed by atoms with Crippen LogP contribution < -0.4 is 4.73 Å². The number of halogens is 1. The lowest BCUT2D eigenvalue weighted by atomic mass is 10.1. The topological polar surface area (TPSA) is 56.5 Å². The van der Waals surface area contributed by atoms with Gasteiger partial charge in [-0.1, -0.05) is 29.8 Å². The summed E-state index contributed by atoms with van der Waals surface area (Å²) in [7, 11) is 0. The molecule has 0 saturated carbocycles. The second-order valence-corrected chi connectivity index (χ2v) is 5.89. The van der Waals surface area contributed by atoms with Gasteiger partial charge in [0.1, 0.15) is 0 Å². The molecule has 1 aliphatic rings. The molecule has 0 spiro atoms. The lowest BCUT2D eigenvalue weighted by Crippen LogP contribution is -2.46. The molecule has 3 rings (SSSR count). The number of amides is 1. The van der Waals surface area contributed by atoms with E-state index in [9.17, 15) is 10.0 Å². The number of pyridine rings is 1. The van der Waals surface area contributed by atoms with Crippen LogP contribution in [0.1, 0.15) is 15.9 Å². The highest BCUT2D eigenvalue weighted by molar-refractivity contribution is 6.31. The van der Waals surface area contributed by atoms with Gasteiger partial charge in [-0.3, -0.25) is 4.79 Å². The Balaban J connectivity index is 1.67. The van der Waals surface area contributed by atoms with E-state index in [0.717, 1.165) is 5.56 Å². The maximum atomic E-state index is 12.5. The normalized spacial score (nSPS) is 18.0. The first kappa shape index (κ1) is 15.8. The number of ether oxygens (including phenoxy) is 1.